The van der Waals surface area contributed by atoms with E-state index < -0.39 is 0 Å². The molecule has 0 amide bonds. The van der Waals surface area contributed by atoms with Gasteiger partial charge in [-0.2, -0.15) is 0 Å². The largest absolute Gasteiger partial charge is 0.494 e. The van der Waals surface area contributed by atoms with E-state index in [9.17, 15) is 0 Å². The van der Waals surface area contributed by atoms with Gasteiger partial charge in [-0.1, -0.05) is 24.6 Å². The lowest BCUT2D eigenvalue weighted by Gasteiger charge is -2.34. The highest BCUT2D eigenvalue weighted by molar-refractivity contribution is 5.36. The molecule has 1 fully saturated rings. The van der Waals surface area contributed by atoms with Crippen LogP contribution in [0.15, 0.2) is 24.3 Å². The maximum absolute atomic E-state index is 6.00. The third kappa shape index (κ3) is 3.03. The van der Waals surface area contributed by atoms with Gasteiger partial charge in [0.2, 0.25) is 0 Å². The van der Waals surface area contributed by atoms with Crippen molar-refractivity contribution >= 4 is 0 Å². The first-order chi connectivity index (χ1) is 8.86. The molecule has 1 heterocycles. The highest BCUT2D eigenvalue weighted by Crippen LogP contribution is 2.30. The van der Waals surface area contributed by atoms with Gasteiger partial charge >= 0.3 is 0 Å². The van der Waals surface area contributed by atoms with E-state index in [1.807, 2.05) is 19.1 Å². The molecule has 2 rings (SSSR count). The molecule has 0 spiro atoms. The molecule has 1 aliphatic heterocycles. The quantitative estimate of drug-likeness (QED) is 0.870. The molecule has 1 aliphatic rings. The van der Waals surface area contributed by atoms with Crippen molar-refractivity contribution in [2.45, 2.75) is 32.2 Å². The molecule has 0 saturated carbocycles. The van der Waals surface area contributed by atoms with Gasteiger partial charge in [0.1, 0.15) is 5.75 Å². The van der Waals surface area contributed by atoms with Crippen LogP contribution in [0.5, 0.6) is 5.75 Å². The highest BCUT2D eigenvalue weighted by Gasteiger charge is 2.23. The van der Waals surface area contributed by atoms with E-state index in [-0.39, 0.29) is 0 Å². The van der Waals surface area contributed by atoms with E-state index in [2.05, 4.69) is 17.0 Å². The summed E-state index contributed by atoms with van der Waals surface area (Å²) in [4.78, 5) is 2.50. The Labute approximate surface area is 110 Å². The van der Waals surface area contributed by atoms with Gasteiger partial charge in [0.25, 0.3) is 0 Å². The molecule has 1 aromatic rings. The molecule has 0 aliphatic carbocycles. The van der Waals surface area contributed by atoms with Crippen LogP contribution in [0, 0.1) is 0 Å². The fourth-order valence-electron chi connectivity index (χ4n) is 2.75. The molecular weight excluding hydrogens is 224 g/mol. The Balaban J connectivity index is 2.20. The number of para-hydroxylation sites is 1. The van der Waals surface area contributed by atoms with Crippen LogP contribution in [0.25, 0.3) is 0 Å². The number of ether oxygens (including phenoxy) is 1. The van der Waals surface area contributed by atoms with Gasteiger partial charge in [0, 0.05) is 12.1 Å². The van der Waals surface area contributed by atoms with Gasteiger partial charge in [0.05, 0.1) is 12.6 Å². The average molecular weight is 248 g/mol. The predicted molar refractivity (Wildman–Crippen MR) is 74.8 cm³/mol. The van der Waals surface area contributed by atoms with Crippen LogP contribution in [-0.2, 0) is 0 Å². The Kier molecular flexibility index (Phi) is 5.02. The first-order valence-corrected chi connectivity index (χ1v) is 7.02. The van der Waals surface area contributed by atoms with Crippen LogP contribution in [0.2, 0.25) is 0 Å². The van der Waals surface area contributed by atoms with Crippen molar-refractivity contribution in [3.05, 3.63) is 29.8 Å². The topological polar surface area (TPSA) is 38.5 Å². The van der Waals surface area contributed by atoms with E-state index >= 15 is 0 Å². The van der Waals surface area contributed by atoms with Crippen molar-refractivity contribution in [3.63, 3.8) is 0 Å². The second kappa shape index (κ2) is 6.76. The zero-order valence-corrected chi connectivity index (χ0v) is 11.3. The standard InChI is InChI=1S/C15H24N2O/c1-2-18-15-9-5-4-8-13(15)14(12-16)17-10-6-3-7-11-17/h4-5,8-9,14H,2-3,6-7,10-12,16H2,1H3. The zero-order chi connectivity index (χ0) is 12.8. The summed E-state index contributed by atoms with van der Waals surface area (Å²) < 4.78 is 5.73. The lowest BCUT2D eigenvalue weighted by Crippen LogP contribution is -2.37. The highest BCUT2D eigenvalue weighted by atomic mass is 16.5. The number of hydrogen-bond donors (Lipinski definition) is 1. The van der Waals surface area contributed by atoms with Crippen molar-refractivity contribution in [3.8, 4) is 5.75 Å². The van der Waals surface area contributed by atoms with Crippen LogP contribution < -0.4 is 10.5 Å². The summed E-state index contributed by atoms with van der Waals surface area (Å²) in [6.07, 6.45) is 3.92. The van der Waals surface area contributed by atoms with Crippen molar-refractivity contribution in [2.75, 3.05) is 26.2 Å². The summed E-state index contributed by atoms with van der Waals surface area (Å²) in [5.74, 6) is 0.987. The van der Waals surface area contributed by atoms with Crippen LogP contribution in [0.1, 0.15) is 37.8 Å². The monoisotopic (exact) mass is 248 g/mol. The molecule has 3 heteroatoms. The van der Waals surface area contributed by atoms with E-state index in [0.717, 1.165) is 18.8 Å². The molecule has 0 aromatic heterocycles. The average Bonchev–Trinajstić information content (AvgIpc) is 2.43. The summed E-state index contributed by atoms with van der Waals surface area (Å²) >= 11 is 0. The fourth-order valence-corrected chi connectivity index (χ4v) is 2.75. The van der Waals surface area contributed by atoms with Crippen molar-refractivity contribution in [2.24, 2.45) is 5.73 Å². The summed E-state index contributed by atoms with van der Waals surface area (Å²) in [5, 5.41) is 0. The van der Waals surface area contributed by atoms with Crippen LogP contribution in [0.3, 0.4) is 0 Å². The molecule has 0 radical (unpaired) electrons. The second-order valence-electron chi connectivity index (χ2n) is 4.82. The molecule has 3 nitrogen and oxygen atoms in total. The number of likely N-dealkylation sites (tertiary alicyclic amines) is 1. The number of piperidine rings is 1. The van der Waals surface area contributed by atoms with Gasteiger partial charge in [-0.15, -0.1) is 0 Å². The maximum Gasteiger partial charge on any atom is 0.124 e. The lowest BCUT2D eigenvalue weighted by atomic mass is 10.0. The third-order valence-corrected chi connectivity index (χ3v) is 3.63. The Hall–Kier alpha value is -1.06. The molecule has 2 N–H and O–H groups in total. The number of nitrogens with two attached hydrogens (primary N) is 1. The Morgan fingerprint density at radius 1 is 1.22 bits per heavy atom. The molecule has 1 saturated heterocycles. The Bertz CT molecular complexity index is 361. The first-order valence-electron chi connectivity index (χ1n) is 7.02. The minimum absolute atomic E-state index is 0.299. The molecule has 100 valence electrons. The predicted octanol–water partition coefficient (Wildman–Crippen LogP) is 2.57. The molecule has 0 bridgehead atoms. The van der Waals surface area contributed by atoms with E-state index in [1.54, 1.807) is 0 Å². The van der Waals surface area contributed by atoms with Gasteiger partial charge in [0.15, 0.2) is 0 Å². The summed E-state index contributed by atoms with van der Waals surface area (Å²) in [6, 6.07) is 8.60. The van der Waals surface area contributed by atoms with Crippen LogP contribution >= 0.6 is 0 Å². The van der Waals surface area contributed by atoms with Crippen LogP contribution in [-0.4, -0.2) is 31.1 Å². The smallest absolute Gasteiger partial charge is 0.124 e. The number of nitrogens with zero attached hydrogens (tertiary/aromatic N) is 1. The minimum atomic E-state index is 0.299. The van der Waals surface area contributed by atoms with E-state index in [0.29, 0.717) is 19.2 Å². The molecular formula is C15H24N2O. The molecule has 1 unspecified atom stereocenters. The van der Waals surface area contributed by atoms with Crippen molar-refractivity contribution in [1.29, 1.82) is 0 Å². The van der Waals surface area contributed by atoms with Gasteiger partial charge in [-0.25, -0.2) is 0 Å². The molecule has 1 aromatic carbocycles. The van der Waals surface area contributed by atoms with Crippen molar-refractivity contribution in [1.82, 2.24) is 4.90 Å². The van der Waals surface area contributed by atoms with Crippen molar-refractivity contribution < 1.29 is 4.74 Å². The number of hydrogen-bond acceptors (Lipinski definition) is 3. The SMILES string of the molecule is CCOc1ccccc1C(CN)N1CCCCC1. The minimum Gasteiger partial charge on any atom is -0.494 e. The second-order valence-corrected chi connectivity index (χ2v) is 4.82. The first kappa shape index (κ1) is 13.4. The summed E-state index contributed by atoms with van der Waals surface area (Å²) in [5.41, 5.74) is 7.24. The van der Waals surface area contributed by atoms with E-state index in [4.69, 9.17) is 10.5 Å². The molecule has 1 atom stereocenters. The number of benzene rings is 1. The van der Waals surface area contributed by atoms with Gasteiger partial charge < -0.3 is 10.5 Å². The third-order valence-electron chi connectivity index (χ3n) is 3.63. The summed E-state index contributed by atoms with van der Waals surface area (Å²) in [7, 11) is 0. The number of rotatable bonds is 5. The lowest BCUT2D eigenvalue weighted by molar-refractivity contribution is 0.164. The maximum atomic E-state index is 6.00. The molecule has 18 heavy (non-hydrogen) atoms. The zero-order valence-electron chi connectivity index (χ0n) is 11.3. The van der Waals surface area contributed by atoms with E-state index in [1.165, 1.54) is 24.8 Å². The summed E-state index contributed by atoms with van der Waals surface area (Å²) in [6.45, 7) is 5.69. The normalized spacial score (nSPS) is 18.6. The van der Waals surface area contributed by atoms with Gasteiger partial charge in [-0.3, -0.25) is 4.90 Å². The fraction of sp³-hybridized carbons (Fsp3) is 0.600. The Morgan fingerprint density at radius 2 is 1.94 bits per heavy atom. The Morgan fingerprint density at radius 3 is 2.61 bits per heavy atom. The van der Waals surface area contributed by atoms with Crippen LogP contribution in [0.4, 0.5) is 0 Å². The van der Waals surface area contributed by atoms with Gasteiger partial charge in [-0.05, 0) is 38.9 Å².